The first-order valence-corrected chi connectivity index (χ1v) is 8.27. The lowest BCUT2D eigenvalue weighted by atomic mass is 9.89. The van der Waals surface area contributed by atoms with Crippen LogP contribution in [0.2, 0.25) is 0 Å². The number of carbonyl (C=O) groups excluding carboxylic acids is 1. The van der Waals surface area contributed by atoms with Crippen molar-refractivity contribution in [1.29, 1.82) is 0 Å². The second-order valence-corrected chi connectivity index (χ2v) is 5.89. The first kappa shape index (κ1) is 14.4. The lowest BCUT2D eigenvalue weighted by molar-refractivity contribution is -0.120. The van der Waals surface area contributed by atoms with Crippen LogP contribution in [-0.2, 0) is 11.3 Å². The summed E-state index contributed by atoms with van der Waals surface area (Å²) in [5, 5.41) is 6.84. The maximum absolute atomic E-state index is 11.5. The minimum absolute atomic E-state index is 0.0340. The van der Waals surface area contributed by atoms with E-state index < -0.39 is 0 Å². The number of thioether (sulfide) groups is 1. The van der Waals surface area contributed by atoms with Gasteiger partial charge in [0.25, 0.3) is 0 Å². The van der Waals surface area contributed by atoms with Gasteiger partial charge in [-0.25, -0.2) is 0 Å². The summed E-state index contributed by atoms with van der Waals surface area (Å²) in [7, 11) is 0. The molecule has 1 aliphatic rings. The molecule has 1 aromatic heterocycles. The molecule has 0 aromatic carbocycles. The summed E-state index contributed by atoms with van der Waals surface area (Å²) < 4.78 is 5.19. The molecule has 19 heavy (non-hydrogen) atoms. The van der Waals surface area contributed by atoms with Crippen LogP contribution < -0.4 is 5.32 Å². The molecular formula is C13H21N3O2S. The van der Waals surface area contributed by atoms with Crippen molar-refractivity contribution in [2.45, 2.75) is 51.0 Å². The molecule has 1 aromatic rings. The van der Waals surface area contributed by atoms with Crippen molar-refractivity contribution in [1.82, 2.24) is 15.5 Å². The van der Waals surface area contributed by atoms with Gasteiger partial charge in [0.1, 0.15) is 0 Å². The molecule has 2 rings (SSSR count). The third-order valence-corrected chi connectivity index (χ3v) is 4.04. The zero-order valence-corrected chi connectivity index (χ0v) is 12.2. The fraction of sp³-hybridized carbons (Fsp3) is 0.769. The van der Waals surface area contributed by atoms with Crippen molar-refractivity contribution in [3.8, 4) is 0 Å². The molecule has 1 N–H and O–H groups in total. The van der Waals surface area contributed by atoms with Crippen molar-refractivity contribution in [2.24, 2.45) is 0 Å². The number of carbonyl (C=O) groups is 1. The van der Waals surface area contributed by atoms with Crippen LogP contribution in [0, 0.1) is 0 Å². The highest BCUT2D eigenvalue weighted by atomic mass is 32.2. The number of aromatic nitrogens is 2. The van der Waals surface area contributed by atoms with Crippen molar-refractivity contribution < 1.29 is 9.32 Å². The summed E-state index contributed by atoms with van der Waals surface area (Å²) in [5.74, 6) is 2.64. The standard InChI is InChI=1S/C13H21N3O2S/c1-19-8-7-11(17)14-9-12-15-13(16-18-12)10-5-3-2-4-6-10/h10H,2-9H2,1H3,(H,14,17). The highest BCUT2D eigenvalue weighted by Crippen LogP contribution is 2.30. The monoisotopic (exact) mass is 283 g/mol. The van der Waals surface area contributed by atoms with Crippen molar-refractivity contribution >= 4 is 17.7 Å². The van der Waals surface area contributed by atoms with Gasteiger partial charge >= 0.3 is 0 Å². The molecule has 0 aliphatic heterocycles. The number of amides is 1. The topological polar surface area (TPSA) is 68.0 Å². The third kappa shape index (κ3) is 4.53. The lowest BCUT2D eigenvalue weighted by Crippen LogP contribution is -2.23. The highest BCUT2D eigenvalue weighted by Gasteiger charge is 2.20. The summed E-state index contributed by atoms with van der Waals surface area (Å²) in [6.45, 7) is 0.340. The summed E-state index contributed by atoms with van der Waals surface area (Å²) in [4.78, 5) is 15.9. The van der Waals surface area contributed by atoms with Gasteiger partial charge in [-0.2, -0.15) is 16.7 Å². The first-order valence-electron chi connectivity index (χ1n) is 6.87. The molecule has 0 bridgehead atoms. The molecule has 1 fully saturated rings. The molecule has 5 nitrogen and oxygen atoms in total. The van der Waals surface area contributed by atoms with Gasteiger partial charge in [0.2, 0.25) is 11.8 Å². The number of hydrogen-bond acceptors (Lipinski definition) is 5. The van der Waals surface area contributed by atoms with Crippen LogP contribution in [0.3, 0.4) is 0 Å². The molecule has 0 unspecified atom stereocenters. The Morgan fingerprint density at radius 1 is 1.42 bits per heavy atom. The first-order chi connectivity index (χ1) is 9.29. The van der Waals surface area contributed by atoms with E-state index in [1.165, 1.54) is 19.3 Å². The summed E-state index contributed by atoms with van der Waals surface area (Å²) in [6.07, 6.45) is 8.64. The second-order valence-electron chi connectivity index (χ2n) is 4.90. The zero-order chi connectivity index (χ0) is 13.5. The van der Waals surface area contributed by atoms with E-state index in [4.69, 9.17) is 4.52 Å². The van der Waals surface area contributed by atoms with E-state index in [2.05, 4.69) is 15.5 Å². The third-order valence-electron chi connectivity index (χ3n) is 3.42. The minimum atomic E-state index is 0.0340. The average Bonchev–Trinajstić information content (AvgIpc) is 2.93. The Balaban J connectivity index is 1.78. The van der Waals surface area contributed by atoms with E-state index in [0.29, 0.717) is 24.8 Å². The van der Waals surface area contributed by atoms with Crippen molar-refractivity contribution in [3.63, 3.8) is 0 Å². The van der Waals surface area contributed by atoms with Crippen LogP contribution in [0.5, 0.6) is 0 Å². The Morgan fingerprint density at radius 2 is 2.21 bits per heavy atom. The smallest absolute Gasteiger partial charge is 0.246 e. The number of hydrogen-bond donors (Lipinski definition) is 1. The number of nitrogens with zero attached hydrogens (tertiary/aromatic N) is 2. The van der Waals surface area contributed by atoms with E-state index >= 15 is 0 Å². The van der Waals surface area contributed by atoms with Gasteiger partial charge in [0.05, 0.1) is 6.54 Å². The van der Waals surface area contributed by atoms with Crippen LogP contribution in [0.15, 0.2) is 4.52 Å². The van der Waals surface area contributed by atoms with E-state index in [9.17, 15) is 4.79 Å². The van der Waals surface area contributed by atoms with Gasteiger partial charge in [-0.05, 0) is 19.1 Å². The molecule has 6 heteroatoms. The Morgan fingerprint density at radius 3 is 2.95 bits per heavy atom. The van der Waals surface area contributed by atoms with Gasteiger partial charge in [-0.3, -0.25) is 4.79 Å². The molecule has 1 saturated carbocycles. The SMILES string of the molecule is CSCCC(=O)NCc1nc(C2CCCCC2)no1. The second kappa shape index (κ2) is 7.53. The largest absolute Gasteiger partial charge is 0.347 e. The number of rotatable bonds is 6. The minimum Gasteiger partial charge on any atom is -0.347 e. The van der Waals surface area contributed by atoms with Crippen LogP contribution in [-0.4, -0.2) is 28.1 Å². The fourth-order valence-electron chi connectivity index (χ4n) is 2.32. The fourth-order valence-corrected chi connectivity index (χ4v) is 2.71. The maximum Gasteiger partial charge on any atom is 0.246 e. The highest BCUT2D eigenvalue weighted by molar-refractivity contribution is 7.98. The van der Waals surface area contributed by atoms with Crippen LogP contribution in [0.4, 0.5) is 0 Å². The predicted octanol–water partition coefficient (Wildman–Crippen LogP) is 2.49. The number of nitrogens with one attached hydrogen (secondary N) is 1. The zero-order valence-electron chi connectivity index (χ0n) is 11.4. The molecule has 106 valence electrons. The average molecular weight is 283 g/mol. The van der Waals surface area contributed by atoms with E-state index in [0.717, 1.165) is 24.4 Å². The van der Waals surface area contributed by atoms with Gasteiger partial charge in [0, 0.05) is 18.1 Å². The van der Waals surface area contributed by atoms with E-state index in [-0.39, 0.29) is 5.91 Å². The normalized spacial score (nSPS) is 16.5. The summed E-state index contributed by atoms with van der Waals surface area (Å²) in [6, 6.07) is 0. The molecule has 1 heterocycles. The Hall–Kier alpha value is -1.04. The van der Waals surface area contributed by atoms with Gasteiger partial charge in [-0.1, -0.05) is 24.4 Å². The van der Waals surface area contributed by atoms with Crippen molar-refractivity contribution in [3.05, 3.63) is 11.7 Å². The van der Waals surface area contributed by atoms with Crippen LogP contribution >= 0.6 is 11.8 Å². The molecular weight excluding hydrogens is 262 g/mol. The molecule has 1 amide bonds. The van der Waals surface area contributed by atoms with Gasteiger partial charge in [0.15, 0.2) is 5.82 Å². The van der Waals surface area contributed by atoms with E-state index in [1.807, 2.05) is 6.26 Å². The Bertz CT molecular complexity index is 402. The van der Waals surface area contributed by atoms with E-state index in [1.54, 1.807) is 11.8 Å². The molecule has 0 atom stereocenters. The summed E-state index contributed by atoms with van der Waals surface area (Å²) in [5.41, 5.74) is 0. The molecule has 0 saturated heterocycles. The van der Waals surface area contributed by atoms with Crippen LogP contribution in [0.25, 0.3) is 0 Å². The molecule has 0 spiro atoms. The van der Waals surface area contributed by atoms with Crippen LogP contribution in [0.1, 0.15) is 56.2 Å². The Labute approximate surface area is 117 Å². The summed E-state index contributed by atoms with van der Waals surface area (Å²) >= 11 is 1.66. The Kier molecular flexibility index (Phi) is 5.69. The lowest BCUT2D eigenvalue weighted by Gasteiger charge is -2.17. The molecule has 0 radical (unpaired) electrons. The van der Waals surface area contributed by atoms with Gasteiger partial charge < -0.3 is 9.84 Å². The predicted molar refractivity (Wildman–Crippen MR) is 75.0 cm³/mol. The molecule has 1 aliphatic carbocycles. The van der Waals surface area contributed by atoms with Crippen molar-refractivity contribution in [2.75, 3.05) is 12.0 Å². The quantitative estimate of drug-likeness (QED) is 0.868. The van der Waals surface area contributed by atoms with Gasteiger partial charge in [-0.15, -0.1) is 0 Å². The maximum atomic E-state index is 11.5.